The average molecular weight is 334 g/mol. The highest BCUT2D eigenvalue weighted by molar-refractivity contribution is 5.95. The monoisotopic (exact) mass is 334 g/mol. The maximum absolute atomic E-state index is 10.5. The predicted molar refractivity (Wildman–Crippen MR) is 96.3 cm³/mol. The Labute approximate surface area is 144 Å². The Morgan fingerprint density at radius 1 is 1.24 bits per heavy atom. The van der Waals surface area contributed by atoms with E-state index in [1.807, 2.05) is 31.3 Å². The molecule has 0 radical (unpaired) electrons. The number of aromatic amines is 1. The summed E-state index contributed by atoms with van der Waals surface area (Å²) in [5.41, 5.74) is 4.65. The zero-order chi connectivity index (χ0) is 17.2. The van der Waals surface area contributed by atoms with Crippen LogP contribution in [0.15, 0.2) is 36.7 Å². The maximum Gasteiger partial charge on any atom is 0.212 e. The first-order valence-corrected chi connectivity index (χ1v) is 8.26. The van der Waals surface area contributed by atoms with Crippen LogP contribution in [0.2, 0.25) is 0 Å². The molecule has 5 rings (SSSR count). The van der Waals surface area contributed by atoms with Gasteiger partial charge in [0, 0.05) is 23.2 Å². The fourth-order valence-corrected chi connectivity index (χ4v) is 2.62. The Balaban J connectivity index is 0.000000474. The number of benzene rings is 1. The number of rotatable bonds is 3. The minimum atomic E-state index is 0.470. The number of H-pyrrole nitrogens is 1. The topological polar surface area (TPSA) is 88.0 Å². The second-order valence-electron chi connectivity index (χ2n) is 6.06. The van der Waals surface area contributed by atoms with Crippen LogP contribution in [0.1, 0.15) is 24.8 Å². The van der Waals surface area contributed by atoms with Gasteiger partial charge in [0.1, 0.15) is 0 Å². The van der Waals surface area contributed by atoms with Crippen molar-refractivity contribution in [3.8, 4) is 11.3 Å². The first-order valence-electron chi connectivity index (χ1n) is 8.26. The van der Waals surface area contributed by atoms with E-state index in [2.05, 4.69) is 25.6 Å². The summed E-state index contributed by atoms with van der Waals surface area (Å²) >= 11 is 0. The Morgan fingerprint density at radius 3 is 2.84 bits per heavy atom. The van der Waals surface area contributed by atoms with E-state index in [1.165, 1.54) is 19.3 Å². The second kappa shape index (κ2) is 6.35. The zero-order valence-electron chi connectivity index (χ0n) is 13.9. The van der Waals surface area contributed by atoms with Gasteiger partial charge in [0.05, 0.1) is 17.4 Å². The maximum atomic E-state index is 10.5. The Morgan fingerprint density at radius 2 is 2.08 bits per heavy atom. The van der Waals surface area contributed by atoms with Gasteiger partial charge in [-0.2, -0.15) is 5.10 Å². The minimum absolute atomic E-state index is 0.470. The highest BCUT2D eigenvalue weighted by atomic mass is 16.1. The van der Waals surface area contributed by atoms with E-state index in [-0.39, 0.29) is 0 Å². The quantitative estimate of drug-likeness (QED) is 0.563. The van der Waals surface area contributed by atoms with Crippen LogP contribution in [0.5, 0.6) is 0 Å². The summed E-state index contributed by atoms with van der Waals surface area (Å²) in [6.45, 7) is 2.05. The molecule has 3 heterocycles. The first kappa shape index (κ1) is 15.3. The normalized spacial score (nSPS) is 12.7. The molecule has 1 saturated carbocycles. The molecule has 0 aliphatic heterocycles. The van der Waals surface area contributed by atoms with Crippen molar-refractivity contribution in [2.24, 2.45) is 0 Å². The summed E-state index contributed by atoms with van der Waals surface area (Å²) in [6, 6.07) is 7.67. The van der Waals surface area contributed by atoms with Gasteiger partial charge >= 0.3 is 0 Å². The first-order chi connectivity index (χ1) is 12.3. The van der Waals surface area contributed by atoms with Crippen molar-refractivity contribution in [2.75, 3.05) is 5.32 Å². The van der Waals surface area contributed by atoms with E-state index in [4.69, 9.17) is 0 Å². The van der Waals surface area contributed by atoms with E-state index in [0.717, 1.165) is 27.7 Å². The highest BCUT2D eigenvalue weighted by Gasteiger charge is 2.11. The molecule has 1 fully saturated rings. The van der Waals surface area contributed by atoms with Crippen LogP contribution in [0.25, 0.3) is 27.8 Å². The number of amides is 1. The molecule has 25 heavy (non-hydrogen) atoms. The molecule has 0 saturated heterocycles. The summed E-state index contributed by atoms with van der Waals surface area (Å²) in [6.07, 6.45) is 8.73. The van der Waals surface area contributed by atoms with Crippen molar-refractivity contribution in [2.45, 2.75) is 26.2 Å². The third-order valence-corrected chi connectivity index (χ3v) is 3.97. The van der Waals surface area contributed by atoms with Crippen molar-refractivity contribution in [1.82, 2.24) is 24.8 Å². The standard InChI is InChI=1S/C15H12N6O.C3H6/c1-9-2-3-11-10(7-17-19-11)15(9)12-4-5-21-14(18-12)6-13(20-21)16-8-22;1-2-3-1/h2-8H,1H3,(H,17,19)(H,16,20,22);1-3H2. The number of aryl methyl sites for hydroxylation is 1. The Bertz CT molecular complexity index is 1040. The van der Waals surface area contributed by atoms with Crippen LogP contribution < -0.4 is 5.32 Å². The van der Waals surface area contributed by atoms with E-state index < -0.39 is 0 Å². The highest BCUT2D eigenvalue weighted by Crippen LogP contribution is 2.30. The molecule has 7 nitrogen and oxygen atoms in total. The van der Waals surface area contributed by atoms with Gasteiger partial charge in [-0.05, 0) is 24.6 Å². The molecule has 1 aromatic carbocycles. The van der Waals surface area contributed by atoms with Crippen LogP contribution in [0.3, 0.4) is 0 Å². The van der Waals surface area contributed by atoms with Gasteiger partial charge in [-0.3, -0.25) is 9.89 Å². The molecule has 0 atom stereocenters. The molecule has 0 spiro atoms. The van der Waals surface area contributed by atoms with E-state index in [9.17, 15) is 4.79 Å². The lowest BCUT2D eigenvalue weighted by Gasteiger charge is -2.07. The van der Waals surface area contributed by atoms with Gasteiger partial charge < -0.3 is 5.32 Å². The molecule has 4 aromatic rings. The van der Waals surface area contributed by atoms with E-state index in [1.54, 1.807) is 16.8 Å². The van der Waals surface area contributed by atoms with Gasteiger partial charge in [-0.25, -0.2) is 9.50 Å². The van der Waals surface area contributed by atoms with Crippen LogP contribution >= 0.6 is 0 Å². The predicted octanol–water partition coefficient (Wildman–Crippen LogP) is 3.32. The van der Waals surface area contributed by atoms with Crippen molar-refractivity contribution < 1.29 is 4.79 Å². The molecule has 1 amide bonds. The average Bonchev–Trinajstić information content (AvgIpc) is 3.32. The molecule has 3 aromatic heterocycles. The van der Waals surface area contributed by atoms with Crippen molar-refractivity contribution in [3.05, 3.63) is 42.2 Å². The number of hydrogen-bond acceptors (Lipinski definition) is 4. The van der Waals surface area contributed by atoms with Crippen molar-refractivity contribution >= 4 is 28.8 Å². The lowest BCUT2D eigenvalue weighted by atomic mass is 10.0. The third kappa shape index (κ3) is 3.08. The molecular formula is C18H18N6O. The number of fused-ring (bicyclic) bond motifs is 2. The largest absolute Gasteiger partial charge is 0.312 e. The number of carbonyl (C=O) groups excluding carboxylic acids is 1. The van der Waals surface area contributed by atoms with Gasteiger partial charge in [-0.1, -0.05) is 25.3 Å². The van der Waals surface area contributed by atoms with Crippen LogP contribution in [0, 0.1) is 6.92 Å². The fourth-order valence-electron chi connectivity index (χ4n) is 2.62. The summed E-state index contributed by atoms with van der Waals surface area (Å²) in [5, 5.41) is 14.8. The smallest absolute Gasteiger partial charge is 0.212 e. The number of nitrogens with zero attached hydrogens (tertiary/aromatic N) is 4. The molecule has 0 bridgehead atoms. The van der Waals surface area contributed by atoms with Gasteiger partial charge in [0.15, 0.2) is 11.5 Å². The van der Waals surface area contributed by atoms with Crippen molar-refractivity contribution in [1.29, 1.82) is 0 Å². The van der Waals surface area contributed by atoms with Gasteiger partial charge in [0.2, 0.25) is 6.41 Å². The second-order valence-corrected chi connectivity index (χ2v) is 6.06. The minimum Gasteiger partial charge on any atom is -0.312 e. The number of nitrogens with one attached hydrogen (secondary N) is 2. The van der Waals surface area contributed by atoms with Crippen LogP contribution in [-0.2, 0) is 4.79 Å². The molecule has 1 aliphatic rings. The molecule has 7 heteroatoms. The van der Waals surface area contributed by atoms with Gasteiger partial charge in [-0.15, -0.1) is 5.10 Å². The number of aromatic nitrogens is 5. The van der Waals surface area contributed by atoms with Crippen molar-refractivity contribution in [3.63, 3.8) is 0 Å². The summed E-state index contributed by atoms with van der Waals surface area (Å²) < 4.78 is 1.63. The Kier molecular flexibility index (Phi) is 3.89. The SMILES string of the molecule is C1CC1.Cc1ccc2[nH]ncc2c1-c1ccn2nc(NC=O)cc2n1. The summed E-state index contributed by atoms with van der Waals surface area (Å²) in [4.78, 5) is 15.2. The number of carbonyl (C=O) groups is 1. The molecule has 1 aliphatic carbocycles. The number of anilines is 1. The number of hydrogen-bond donors (Lipinski definition) is 2. The Hall–Kier alpha value is -3.22. The summed E-state index contributed by atoms with van der Waals surface area (Å²) in [5.74, 6) is 0.470. The van der Waals surface area contributed by atoms with E-state index >= 15 is 0 Å². The van der Waals surface area contributed by atoms with Crippen LogP contribution in [0.4, 0.5) is 5.82 Å². The van der Waals surface area contributed by atoms with E-state index in [0.29, 0.717) is 17.9 Å². The molecule has 126 valence electrons. The van der Waals surface area contributed by atoms with Crippen LogP contribution in [-0.4, -0.2) is 31.2 Å². The van der Waals surface area contributed by atoms with Gasteiger partial charge in [0.25, 0.3) is 0 Å². The lowest BCUT2D eigenvalue weighted by molar-refractivity contribution is -0.105. The lowest BCUT2D eigenvalue weighted by Crippen LogP contribution is -1.95. The third-order valence-electron chi connectivity index (χ3n) is 3.97. The zero-order valence-corrected chi connectivity index (χ0v) is 13.9. The summed E-state index contributed by atoms with van der Waals surface area (Å²) in [7, 11) is 0. The fraction of sp³-hybridized carbons (Fsp3) is 0.222. The molecule has 0 unspecified atom stereocenters. The molecule has 2 N–H and O–H groups in total. The molecular weight excluding hydrogens is 316 g/mol.